The molecule has 10 heavy (non-hydrogen) atoms. The highest BCUT2D eigenvalue weighted by atomic mass is 16.4. The van der Waals surface area contributed by atoms with Crippen molar-refractivity contribution in [3.63, 3.8) is 0 Å². The summed E-state index contributed by atoms with van der Waals surface area (Å²) in [4.78, 5) is 10.3. The molecule has 0 aromatic carbocycles. The third-order valence-electron chi connectivity index (χ3n) is 1.85. The van der Waals surface area contributed by atoms with Gasteiger partial charge in [-0.05, 0) is 12.8 Å². The molecule has 2 unspecified atom stereocenters. The zero-order chi connectivity index (χ0) is 7.72. The summed E-state index contributed by atoms with van der Waals surface area (Å²) in [5, 5.41) is 26.2. The average molecular weight is 146 g/mol. The fraction of sp³-hybridized carbons (Fsp3) is 0.833. The summed E-state index contributed by atoms with van der Waals surface area (Å²) in [6, 6.07) is 0. The lowest BCUT2D eigenvalue weighted by Gasteiger charge is -2.03. The second-order valence-corrected chi connectivity index (χ2v) is 2.64. The Hall–Kier alpha value is -0.610. The van der Waals surface area contributed by atoms with E-state index in [0.29, 0.717) is 0 Å². The van der Waals surface area contributed by atoms with Gasteiger partial charge in [-0.1, -0.05) is 0 Å². The number of carboxylic acid groups (broad SMARTS) is 1. The van der Waals surface area contributed by atoms with Crippen molar-refractivity contribution in [1.82, 2.24) is 0 Å². The Labute approximate surface area is 58.1 Å². The largest absolute Gasteiger partial charge is 0.481 e. The molecule has 0 spiro atoms. The maximum atomic E-state index is 10.3. The van der Waals surface area contributed by atoms with Crippen molar-refractivity contribution in [2.24, 2.45) is 5.92 Å². The van der Waals surface area contributed by atoms with Crippen LogP contribution in [0.3, 0.4) is 0 Å². The van der Waals surface area contributed by atoms with Crippen LogP contribution < -0.4 is 0 Å². The molecule has 0 aromatic rings. The van der Waals surface area contributed by atoms with E-state index in [2.05, 4.69) is 0 Å². The smallest absolute Gasteiger partial charge is 0.306 e. The van der Waals surface area contributed by atoms with Gasteiger partial charge in [0.2, 0.25) is 0 Å². The van der Waals surface area contributed by atoms with Gasteiger partial charge in [0, 0.05) is 0 Å². The van der Waals surface area contributed by atoms with Gasteiger partial charge >= 0.3 is 5.97 Å². The Balaban J connectivity index is 2.49. The molecule has 2 atom stereocenters. The summed E-state index contributed by atoms with van der Waals surface area (Å²) in [5.74, 6) is -1.50. The number of carboxylic acids is 1. The molecule has 0 heterocycles. The highest BCUT2D eigenvalue weighted by Gasteiger charge is 2.35. The number of carbonyl (C=O) groups is 1. The van der Waals surface area contributed by atoms with E-state index in [4.69, 9.17) is 15.3 Å². The van der Waals surface area contributed by atoms with Crippen molar-refractivity contribution in [3.05, 3.63) is 0 Å². The van der Waals surface area contributed by atoms with Gasteiger partial charge in [-0.15, -0.1) is 0 Å². The van der Waals surface area contributed by atoms with Gasteiger partial charge in [0.25, 0.3) is 0 Å². The molecule has 1 aliphatic carbocycles. The molecule has 0 aromatic heterocycles. The monoisotopic (exact) mass is 146 g/mol. The van der Waals surface area contributed by atoms with Gasteiger partial charge in [0.1, 0.15) is 0 Å². The molecule has 0 bridgehead atoms. The minimum Gasteiger partial charge on any atom is -0.481 e. The van der Waals surface area contributed by atoms with Gasteiger partial charge < -0.3 is 15.3 Å². The lowest BCUT2D eigenvalue weighted by atomic mass is 10.1. The summed E-state index contributed by atoms with van der Waals surface area (Å²) in [6.07, 6.45) is -1.34. The van der Waals surface area contributed by atoms with E-state index in [-0.39, 0.29) is 12.8 Å². The van der Waals surface area contributed by atoms with Crippen molar-refractivity contribution in [3.8, 4) is 0 Å². The first-order valence-electron chi connectivity index (χ1n) is 3.20. The van der Waals surface area contributed by atoms with E-state index in [1.165, 1.54) is 0 Å². The molecule has 0 aliphatic heterocycles. The second-order valence-electron chi connectivity index (χ2n) is 2.64. The average Bonchev–Trinajstić information content (AvgIpc) is 2.13. The van der Waals surface area contributed by atoms with E-state index in [0.717, 1.165) is 0 Å². The molecular formula is C6H10O4. The zero-order valence-electron chi connectivity index (χ0n) is 5.40. The van der Waals surface area contributed by atoms with Crippen LogP contribution in [0.5, 0.6) is 0 Å². The molecule has 1 saturated carbocycles. The van der Waals surface area contributed by atoms with E-state index < -0.39 is 24.1 Å². The summed E-state index contributed by atoms with van der Waals surface area (Å²) < 4.78 is 0. The first-order valence-corrected chi connectivity index (χ1v) is 3.20. The van der Waals surface area contributed by atoms with Crippen molar-refractivity contribution in [2.75, 3.05) is 0 Å². The molecule has 58 valence electrons. The van der Waals surface area contributed by atoms with Crippen molar-refractivity contribution >= 4 is 5.97 Å². The Morgan fingerprint density at radius 3 is 1.80 bits per heavy atom. The predicted molar refractivity (Wildman–Crippen MR) is 32.4 cm³/mol. The summed E-state index contributed by atoms with van der Waals surface area (Å²) in [7, 11) is 0. The number of hydrogen-bond acceptors (Lipinski definition) is 3. The van der Waals surface area contributed by atoms with Crippen LogP contribution in [0.4, 0.5) is 0 Å². The minimum atomic E-state index is -0.935. The number of aliphatic hydroxyl groups excluding tert-OH is 2. The number of aliphatic carboxylic acids is 1. The summed E-state index contributed by atoms with van der Waals surface area (Å²) in [6.45, 7) is 0. The first kappa shape index (κ1) is 7.50. The van der Waals surface area contributed by atoms with Crippen LogP contribution in [0.2, 0.25) is 0 Å². The Morgan fingerprint density at radius 1 is 1.20 bits per heavy atom. The molecular weight excluding hydrogens is 136 g/mol. The number of aliphatic hydroxyl groups is 2. The van der Waals surface area contributed by atoms with Crippen LogP contribution in [0.25, 0.3) is 0 Å². The van der Waals surface area contributed by atoms with E-state index in [9.17, 15) is 4.79 Å². The molecule has 1 rings (SSSR count). The SMILES string of the molecule is O=C(O)C1CC(O)C(O)C1. The standard InChI is InChI=1S/C6H10O4/c7-4-1-3(6(9)10)2-5(4)8/h3-5,7-8H,1-2H2,(H,9,10). The van der Waals surface area contributed by atoms with Crippen LogP contribution in [0.15, 0.2) is 0 Å². The molecule has 0 amide bonds. The second kappa shape index (κ2) is 2.56. The minimum absolute atomic E-state index is 0.177. The van der Waals surface area contributed by atoms with Crippen molar-refractivity contribution < 1.29 is 20.1 Å². The van der Waals surface area contributed by atoms with Gasteiger partial charge in [-0.2, -0.15) is 0 Å². The van der Waals surface area contributed by atoms with Crippen LogP contribution in [0.1, 0.15) is 12.8 Å². The lowest BCUT2D eigenvalue weighted by Crippen LogP contribution is -2.17. The van der Waals surface area contributed by atoms with Crippen LogP contribution >= 0.6 is 0 Å². The first-order chi connectivity index (χ1) is 4.61. The third kappa shape index (κ3) is 1.27. The molecule has 4 nitrogen and oxygen atoms in total. The number of rotatable bonds is 1. The fourth-order valence-electron chi connectivity index (χ4n) is 1.20. The Bertz CT molecular complexity index is 135. The summed E-state index contributed by atoms with van der Waals surface area (Å²) >= 11 is 0. The quantitative estimate of drug-likeness (QED) is 0.452. The maximum Gasteiger partial charge on any atom is 0.306 e. The van der Waals surface area contributed by atoms with E-state index in [1.54, 1.807) is 0 Å². The van der Waals surface area contributed by atoms with Gasteiger partial charge in [0.05, 0.1) is 18.1 Å². The van der Waals surface area contributed by atoms with E-state index >= 15 is 0 Å². The van der Waals surface area contributed by atoms with E-state index in [1.807, 2.05) is 0 Å². The zero-order valence-corrected chi connectivity index (χ0v) is 5.40. The maximum absolute atomic E-state index is 10.3. The molecule has 0 radical (unpaired) electrons. The van der Waals surface area contributed by atoms with Gasteiger partial charge in [-0.3, -0.25) is 4.79 Å². The van der Waals surface area contributed by atoms with Gasteiger partial charge in [-0.25, -0.2) is 0 Å². The topological polar surface area (TPSA) is 77.8 Å². The van der Waals surface area contributed by atoms with Crippen LogP contribution in [0, 0.1) is 5.92 Å². The van der Waals surface area contributed by atoms with Crippen LogP contribution in [-0.4, -0.2) is 33.5 Å². The number of hydrogen-bond donors (Lipinski definition) is 3. The van der Waals surface area contributed by atoms with Crippen molar-refractivity contribution in [1.29, 1.82) is 0 Å². The highest BCUT2D eigenvalue weighted by molar-refractivity contribution is 5.70. The molecule has 1 aliphatic rings. The van der Waals surface area contributed by atoms with Gasteiger partial charge in [0.15, 0.2) is 0 Å². The Kier molecular flexibility index (Phi) is 1.92. The third-order valence-corrected chi connectivity index (χ3v) is 1.85. The molecule has 0 saturated heterocycles. The Morgan fingerprint density at radius 2 is 1.60 bits per heavy atom. The molecule has 3 N–H and O–H groups in total. The highest BCUT2D eigenvalue weighted by Crippen LogP contribution is 2.25. The lowest BCUT2D eigenvalue weighted by molar-refractivity contribution is -0.141. The summed E-state index contributed by atoms with van der Waals surface area (Å²) in [5.41, 5.74) is 0. The normalized spacial score (nSPS) is 40.0. The van der Waals surface area contributed by atoms with Crippen molar-refractivity contribution in [2.45, 2.75) is 25.0 Å². The van der Waals surface area contributed by atoms with Crippen LogP contribution in [-0.2, 0) is 4.79 Å². The fourth-order valence-corrected chi connectivity index (χ4v) is 1.20. The molecule has 1 fully saturated rings. The predicted octanol–water partition coefficient (Wildman–Crippen LogP) is -0.797. The molecule has 4 heteroatoms.